The lowest BCUT2D eigenvalue weighted by Crippen LogP contribution is -2.46. The Kier molecular flexibility index (Phi) is 3.33. The van der Waals surface area contributed by atoms with Gasteiger partial charge in [-0.15, -0.1) is 0 Å². The van der Waals surface area contributed by atoms with Gasteiger partial charge in [0.25, 0.3) is 0 Å². The fraction of sp³-hybridized carbons (Fsp3) is 0.909. The number of nitriles is 1. The van der Waals surface area contributed by atoms with Crippen LogP contribution in [-0.4, -0.2) is 24.5 Å². The maximum Gasteiger partial charge on any atom is 0.109 e. The lowest BCUT2D eigenvalue weighted by molar-refractivity contribution is 0.121. The second-order valence-electron chi connectivity index (χ2n) is 4.41. The van der Waals surface area contributed by atoms with Gasteiger partial charge in [0, 0.05) is 0 Å². The smallest absolute Gasteiger partial charge is 0.109 e. The maximum absolute atomic E-state index is 9.23. The van der Waals surface area contributed by atoms with Crippen LogP contribution in [0, 0.1) is 17.2 Å². The van der Waals surface area contributed by atoms with E-state index in [9.17, 15) is 5.26 Å². The van der Waals surface area contributed by atoms with Crippen molar-refractivity contribution in [2.24, 2.45) is 5.92 Å². The van der Waals surface area contributed by atoms with Gasteiger partial charge in [0.15, 0.2) is 0 Å². The average Bonchev–Trinajstić information content (AvgIpc) is 2.17. The first-order valence-corrected chi connectivity index (χ1v) is 5.23. The van der Waals surface area contributed by atoms with Crippen molar-refractivity contribution in [1.29, 1.82) is 5.26 Å². The summed E-state index contributed by atoms with van der Waals surface area (Å²) in [4.78, 5) is 2.11. The van der Waals surface area contributed by atoms with Crippen LogP contribution in [-0.2, 0) is 0 Å². The van der Waals surface area contributed by atoms with E-state index in [0.29, 0.717) is 0 Å². The topological polar surface area (TPSA) is 27.0 Å². The second kappa shape index (κ2) is 4.11. The van der Waals surface area contributed by atoms with Crippen LogP contribution in [0.3, 0.4) is 0 Å². The number of rotatable bonds is 2. The molecule has 2 unspecified atom stereocenters. The fourth-order valence-electron chi connectivity index (χ4n) is 2.32. The molecule has 0 aromatic rings. The molecule has 13 heavy (non-hydrogen) atoms. The Bertz CT molecular complexity index is 205. The molecule has 1 saturated carbocycles. The van der Waals surface area contributed by atoms with E-state index in [4.69, 9.17) is 0 Å². The third-order valence-electron chi connectivity index (χ3n) is 3.47. The molecule has 0 aromatic heterocycles. The van der Waals surface area contributed by atoms with E-state index in [-0.39, 0.29) is 5.54 Å². The van der Waals surface area contributed by atoms with Crippen molar-refractivity contribution in [2.75, 3.05) is 14.1 Å². The first kappa shape index (κ1) is 10.5. The minimum absolute atomic E-state index is 0.168. The molecule has 0 saturated heterocycles. The quantitative estimate of drug-likeness (QED) is 0.652. The Hall–Kier alpha value is -0.550. The normalized spacial score (nSPS) is 34.5. The summed E-state index contributed by atoms with van der Waals surface area (Å²) in [6.07, 6.45) is 5.86. The molecule has 0 radical (unpaired) electrons. The molecule has 2 heteroatoms. The largest absolute Gasteiger partial charge is 0.292 e. The van der Waals surface area contributed by atoms with E-state index in [0.717, 1.165) is 18.8 Å². The summed E-state index contributed by atoms with van der Waals surface area (Å²) in [5.74, 6) is 0.760. The molecule has 1 rings (SSSR count). The highest BCUT2D eigenvalue weighted by Gasteiger charge is 2.37. The lowest BCUT2D eigenvalue weighted by atomic mass is 9.75. The Morgan fingerprint density at radius 3 is 2.69 bits per heavy atom. The first-order valence-electron chi connectivity index (χ1n) is 5.23. The van der Waals surface area contributed by atoms with Crippen molar-refractivity contribution in [3.8, 4) is 6.07 Å². The molecule has 0 heterocycles. The third-order valence-corrected chi connectivity index (χ3v) is 3.47. The lowest BCUT2D eigenvalue weighted by Gasteiger charge is -2.40. The molecule has 2 atom stereocenters. The van der Waals surface area contributed by atoms with Gasteiger partial charge in [0.1, 0.15) is 5.54 Å². The van der Waals surface area contributed by atoms with Gasteiger partial charge in [-0.05, 0) is 32.9 Å². The van der Waals surface area contributed by atoms with Gasteiger partial charge < -0.3 is 0 Å². The number of nitrogens with zero attached hydrogens (tertiary/aromatic N) is 2. The SMILES string of the molecule is CCC1CCCC(C#N)(N(C)C)C1. The van der Waals surface area contributed by atoms with E-state index >= 15 is 0 Å². The van der Waals surface area contributed by atoms with Crippen molar-refractivity contribution in [1.82, 2.24) is 4.90 Å². The molecule has 0 N–H and O–H groups in total. The van der Waals surface area contributed by atoms with E-state index in [1.807, 2.05) is 14.1 Å². The maximum atomic E-state index is 9.23. The van der Waals surface area contributed by atoms with Crippen LogP contribution in [0.4, 0.5) is 0 Å². The zero-order valence-corrected chi connectivity index (χ0v) is 9.01. The van der Waals surface area contributed by atoms with Gasteiger partial charge in [-0.1, -0.05) is 26.2 Å². The summed E-state index contributed by atoms with van der Waals surface area (Å²) < 4.78 is 0. The van der Waals surface area contributed by atoms with E-state index < -0.39 is 0 Å². The van der Waals surface area contributed by atoms with Gasteiger partial charge in [-0.3, -0.25) is 4.90 Å². The van der Waals surface area contributed by atoms with E-state index in [1.165, 1.54) is 19.3 Å². The zero-order chi connectivity index (χ0) is 9.90. The van der Waals surface area contributed by atoms with Crippen molar-refractivity contribution in [3.05, 3.63) is 0 Å². The highest BCUT2D eigenvalue weighted by Crippen LogP contribution is 2.36. The first-order chi connectivity index (χ1) is 6.14. The van der Waals surface area contributed by atoms with Crippen LogP contribution < -0.4 is 0 Å². The van der Waals surface area contributed by atoms with Gasteiger partial charge in [-0.25, -0.2) is 0 Å². The predicted molar refractivity (Wildman–Crippen MR) is 54.3 cm³/mol. The summed E-state index contributed by atoms with van der Waals surface area (Å²) in [5.41, 5.74) is -0.168. The molecular formula is C11H20N2. The van der Waals surface area contributed by atoms with Gasteiger partial charge >= 0.3 is 0 Å². The minimum atomic E-state index is -0.168. The van der Waals surface area contributed by atoms with Crippen LogP contribution >= 0.6 is 0 Å². The number of hydrogen-bond acceptors (Lipinski definition) is 2. The van der Waals surface area contributed by atoms with Crippen molar-refractivity contribution in [3.63, 3.8) is 0 Å². The molecule has 2 nitrogen and oxygen atoms in total. The minimum Gasteiger partial charge on any atom is -0.292 e. The van der Waals surface area contributed by atoms with Crippen LogP contribution in [0.1, 0.15) is 39.0 Å². The van der Waals surface area contributed by atoms with Gasteiger partial charge in [-0.2, -0.15) is 5.26 Å². The molecule has 0 aliphatic heterocycles. The molecule has 1 aliphatic carbocycles. The predicted octanol–water partition coefficient (Wildman–Crippen LogP) is 2.41. The summed E-state index contributed by atoms with van der Waals surface area (Å²) in [6, 6.07) is 2.51. The van der Waals surface area contributed by atoms with Crippen molar-refractivity contribution in [2.45, 2.75) is 44.6 Å². The summed E-state index contributed by atoms with van der Waals surface area (Å²) in [7, 11) is 4.06. The zero-order valence-electron chi connectivity index (χ0n) is 9.01. The third kappa shape index (κ3) is 2.03. The Morgan fingerprint density at radius 2 is 2.23 bits per heavy atom. The Labute approximate surface area is 81.5 Å². The van der Waals surface area contributed by atoms with Crippen molar-refractivity contribution < 1.29 is 0 Å². The molecule has 1 fully saturated rings. The standard InChI is InChI=1S/C11H20N2/c1-4-10-6-5-7-11(8-10,9-12)13(2)3/h10H,4-8H2,1-3H3. The van der Waals surface area contributed by atoms with E-state index in [2.05, 4.69) is 17.9 Å². The molecule has 74 valence electrons. The Balaban J connectivity index is 2.71. The van der Waals surface area contributed by atoms with Gasteiger partial charge in [0.2, 0.25) is 0 Å². The average molecular weight is 180 g/mol. The van der Waals surface area contributed by atoms with Gasteiger partial charge in [0.05, 0.1) is 6.07 Å². The molecule has 0 spiro atoms. The second-order valence-corrected chi connectivity index (χ2v) is 4.41. The molecule has 0 aromatic carbocycles. The summed E-state index contributed by atoms with van der Waals surface area (Å²) >= 11 is 0. The molecule has 0 bridgehead atoms. The van der Waals surface area contributed by atoms with E-state index in [1.54, 1.807) is 0 Å². The van der Waals surface area contributed by atoms with Crippen LogP contribution in [0.15, 0.2) is 0 Å². The highest BCUT2D eigenvalue weighted by molar-refractivity contribution is 5.09. The van der Waals surface area contributed by atoms with Crippen molar-refractivity contribution >= 4 is 0 Å². The monoisotopic (exact) mass is 180 g/mol. The molecule has 1 aliphatic rings. The molecular weight excluding hydrogens is 160 g/mol. The summed E-state index contributed by atoms with van der Waals surface area (Å²) in [6.45, 7) is 2.23. The van der Waals surface area contributed by atoms with Crippen LogP contribution in [0.2, 0.25) is 0 Å². The number of hydrogen-bond donors (Lipinski definition) is 0. The Morgan fingerprint density at radius 1 is 1.54 bits per heavy atom. The fourth-order valence-corrected chi connectivity index (χ4v) is 2.32. The summed E-state index contributed by atoms with van der Waals surface area (Å²) in [5, 5.41) is 9.23. The highest BCUT2D eigenvalue weighted by atomic mass is 15.1. The molecule has 0 amide bonds. The van der Waals surface area contributed by atoms with Crippen LogP contribution in [0.25, 0.3) is 0 Å². The van der Waals surface area contributed by atoms with Crippen LogP contribution in [0.5, 0.6) is 0 Å².